The second-order valence-corrected chi connectivity index (χ2v) is 17.9. The van der Waals surface area contributed by atoms with Crippen LogP contribution in [0.4, 0.5) is 0 Å². The van der Waals surface area contributed by atoms with Crippen molar-refractivity contribution in [3.8, 4) is 16.9 Å². The smallest absolute Gasteiger partial charge is 0.179 e. The minimum Gasteiger partial charge on any atom is -0.294 e. The first-order chi connectivity index (χ1) is 25.3. The molecule has 0 N–H and O–H groups in total. The van der Waals surface area contributed by atoms with Crippen LogP contribution < -0.4 is 20.7 Å². The SMILES string of the molecule is c1ccc([Si](c2ccccc2)(c2ccccc2)c2cccc(-c3ccc4c(c3)c3ccccc3n4-c3ccc4sc5cnccc5c4n3)c2)cc1. The Morgan fingerprint density at radius 3 is 1.80 bits per heavy atom. The van der Waals surface area contributed by atoms with E-state index < -0.39 is 8.07 Å². The van der Waals surface area contributed by atoms with Crippen molar-refractivity contribution in [2.45, 2.75) is 0 Å². The second kappa shape index (κ2) is 12.0. The molecular weight excluding hydrogens is 655 g/mol. The van der Waals surface area contributed by atoms with Crippen molar-refractivity contribution < 1.29 is 0 Å². The monoisotopic (exact) mass is 685 g/mol. The van der Waals surface area contributed by atoms with E-state index in [-0.39, 0.29) is 0 Å². The van der Waals surface area contributed by atoms with Crippen LogP contribution in [0.3, 0.4) is 0 Å². The van der Waals surface area contributed by atoms with Gasteiger partial charge in [0.2, 0.25) is 0 Å². The molecule has 0 aliphatic carbocycles. The van der Waals surface area contributed by atoms with Gasteiger partial charge in [-0.25, -0.2) is 4.98 Å². The van der Waals surface area contributed by atoms with E-state index in [0.717, 1.165) is 32.5 Å². The van der Waals surface area contributed by atoms with Gasteiger partial charge in [-0.1, -0.05) is 140 Å². The van der Waals surface area contributed by atoms with Gasteiger partial charge in [-0.05, 0) is 68.3 Å². The zero-order valence-corrected chi connectivity index (χ0v) is 29.5. The molecule has 0 amide bonds. The predicted octanol–water partition coefficient (Wildman–Crippen LogP) is 8.99. The van der Waals surface area contributed by atoms with E-state index in [2.05, 4.69) is 185 Å². The Balaban J connectivity index is 1.17. The van der Waals surface area contributed by atoms with Gasteiger partial charge in [0.15, 0.2) is 8.07 Å². The lowest BCUT2D eigenvalue weighted by Crippen LogP contribution is -2.74. The van der Waals surface area contributed by atoms with Crippen LogP contribution in [0.2, 0.25) is 0 Å². The Labute approximate surface area is 300 Å². The minimum atomic E-state index is -2.65. The molecule has 4 heterocycles. The average Bonchev–Trinajstić information content (AvgIpc) is 3.75. The molecule has 0 saturated heterocycles. The summed E-state index contributed by atoms with van der Waals surface area (Å²) in [5.41, 5.74) is 5.73. The van der Waals surface area contributed by atoms with Gasteiger partial charge < -0.3 is 0 Å². The van der Waals surface area contributed by atoms with Crippen LogP contribution in [0.25, 0.3) is 59.1 Å². The zero-order chi connectivity index (χ0) is 33.8. The summed E-state index contributed by atoms with van der Waals surface area (Å²) in [5, 5.41) is 9.06. The van der Waals surface area contributed by atoms with Gasteiger partial charge >= 0.3 is 0 Å². The molecule has 0 saturated carbocycles. The number of nitrogens with zero attached hydrogens (tertiary/aromatic N) is 3. The molecule has 51 heavy (non-hydrogen) atoms. The molecule has 0 bridgehead atoms. The van der Waals surface area contributed by atoms with Crippen LogP contribution in [-0.2, 0) is 0 Å². The molecule has 10 rings (SSSR count). The van der Waals surface area contributed by atoms with Gasteiger partial charge in [0.25, 0.3) is 0 Å². The Hall–Kier alpha value is -6.14. The number of hydrogen-bond acceptors (Lipinski definition) is 3. The molecule has 3 nitrogen and oxygen atoms in total. The van der Waals surface area contributed by atoms with E-state index in [1.807, 2.05) is 12.4 Å². The topological polar surface area (TPSA) is 30.7 Å². The fourth-order valence-electron chi connectivity index (χ4n) is 8.01. The molecule has 10 aromatic rings. The number of hydrogen-bond donors (Lipinski definition) is 0. The van der Waals surface area contributed by atoms with Crippen molar-refractivity contribution in [2.24, 2.45) is 0 Å². The molecule has 0 unspecified atom stereocenters. The Morgan fingerprint density at radius 2 is 1.08 bits per heavy atom. The largest absolute Gasteiger partial charge is 0.294 e. The van der Waals surface area contributed by atoms with E-state index in [4.69, 9.17) is 4.98 Å². The van der Waals surface area contributed by atoms with Crippen molar-refractivity contribution in [2.75, 3.05) is 0 Å². The number of fused-ring (bicyclic) bond motifs is 6. The summed E-state index contributed by atoms with van der Waals surface area (Å²) in [6.07, 6.45) is 3.79. The van der Waals surface area contributed by atoms with Gasteiger partial charge in [-0.3, -0.25) is 9.55 Å². The second-order valence-electron chi connectivity index (χ2n) is 13.0. The predicted molar refractivity (Wildman–Crippen MR) is 218 cm³/mol. The standard InChI is InChI=1S/C46H31N3SSi/c1-4-14-34(15-5-1)51(35-16-6-2-7-17-35,36-18-8-3-9-19-36)37-20-12-13-32(29-37)33-23-24-42-40(30-33)38-21-10-11-22-41(38)49(42)45-26-25-43-46(48-45)39-27-28-47-31-44(39)50-43/h1-31H. The van der Waals surface area contributed by atoms with Crippen molar-refractivity contribution in [1.82, 2.24) is 14.5 Å². The molecule has 6 aromatic carbocycles. The molecule has 0 atom stereocenters. The van der Waals surface area contributed by atoms with Gasteiger partial charge in [0, 0.05) is 28.6 Å². The summed E-state index contributed by atoms with van der Waals surface area (Å²) in [6.45, 7) is 0. The lowest BCUT2D eigenvalue weighted by molar-refractivity contribution is 1.10. The van der Waals surface area contributed by atoms with E-state index >= 15 is 0 Å². The Bertz CT molecular complexity index is 2760. The lowest BCUT2D eigenvalue weighted by atomic mass is 10.0. The number of rotatable bonds is 6. The number of benzene rings is 6. The quantitative estimate of drug-likeness (QED) is 0.129. The van der Waals surface area contributed by atoms with E-state index in [1.165, 1.54) is 47.3 Å². The molecule has 0 radical (unpaired) electrons. The Morgan fingerprint density at radius 1 is 0.451 bits per heavy atom. The van der Waals surface area contributed by atoms with Gasteiger partial charge in [-0.2, -0.15) is 0 Å². The van der Waals surface area contributed by atoms with Gasteiger partial charge in [-0.15, -0.1) is 11.3 Å². The van der Waals surface area contributed by atoms with Crippen molar-refractivity contribution in [3.05, 3.63) is 188 Å². The van der Waals surface area contributed by atoms with Crippen LogP contribution in [0.15, 0.2) is 188 Å². The maximum atomic E-state index is 5.26. The summed E-state index contributed by atoms with van der Waals surface area (Å²) < 4.78 is 4.64. The molecule has 0 aliphatic heterocycles. The van der Waals surface area contributed by atoms with Crippen LogP contribution in [0, 0.1) is 0 Å². The third kappa shape index (κ3) is 4.70. The first kappa shape index (κ1) is 29.7. The maximum Gasteiger partial charge on any atom is 0.179 e. The number of pyridine rings is 2. The third-order valence-corrected chi connectivity index (χ3v) is 16.1. The molecule has 0 fully saturated rings. The van der Waals surface area contributed by atoms with Crippen LogP contribution >= 0.6 is 11.3 Å². The molecule has 240 valence electrons. The summed E-state index contributed by atoms with van der Waals surface area (Å²) in [5.74, 6) is 0.921. The Kier molecular flexibility index (Phi) is 7.01. The third-order valence-electron chi connectivity index (χ3n) is 10.3. The van der Waals surface area contributed by atoms with Gasteiger partial charge in [0.05, 0.1) is 25.9 Å². The first-order valence-electron chi connectivity index (χ1n) is 17.2. The highest BCUT2D eigenvalue weighted by Crippen LogP contribution is 2.37. The zero-order valence-electron chi connectivity index (χ0n) is 27.6. The van der Waals surface area contributed by atoms with E-state index in [1.54, 1.807) is 11.3 Å². The molecular formula is C46H31N3SSi. The number of thiophene rings is 1. The number of para-hydroxylation sites is 1. The van der Waals surface area contributed by atoms with Crippen molar-refractivity contribution in [3.63, 3.8) is 0 Å². The highest BCUT2D eigenvalue weighted by Gasteiger charge is 2.41. The number of aromatic nitrogens is 3. The highest BCUT2D eigenvalue weighted by molar-refractivity contribution is 7.25. The maximum absolute atomic E-state index is 5.26. The molecule has 0 spiro atoms. The highest BCUT2D eigenvalue weighted by atomic mass is 32.1. The van der Waals surface area contributed by atoms with E-state index in [9.17, 15) is 0 Å². The minimum absolute atomic E-state index is 0.921. The fourth-order valence-corrected chi connectivity index (χ4v) is 13.8. The van der Waals surface area contributed by atoms with Gasteiger partial charge in [0.1, 0.15) is 5.82 Å². The summed E-state index contributed by atoms with van der Waals surface area (Å²) >= 11 is 1.74. The van der Waals surface area contributed by atoms with Crippen LogP contribution in [0.1, 0.15) is 0 Å². The first-order valence-corrected chi connectivity index (χ1v) is 20.0. The van der Waals surface area contributed by atoms with Crippen molar-refractivity contribution in [1.29, 1.82) is 0 Å². The molecule has 5 heteroatoms. The van der Waals surface area contributed by atoms with Crippen LogP contribution in [-0.4, -0.2) is 22.6 Å². The average molecular weight is 686 g/mol. The fraction of sp³-hybridized carbons (Fsp3) is 0. The lowest BCUT2D eigenvalue weighted by Gasteiger charge is -2.34. The molecule has 0 aliphatic rings. The summed E-state index contributed by atoms with van der Waals surface area (Å²) in [4.78, 5) is 9.60. The van der Waals surface area contributed by atoms with E-state index in [0.29, 0.717) is 0 Å². The summed E-state index contributed by atoms with van der Waals surface area (Å²) in [7, 11) is -2.65. The molecule has 4 aromatic heterocycles. The van der Waals surface area contributed by atoms with Crippen molar-refractivity contribution >= 4 is 82.3 Å². The normalized spacial score (nSPS) is 11.9. The summed E-state index contributed by atoms with van der Waals surface area (Å²) in [6, 6.07) is 64.7. The van der Waals surface area contributed by atoms with Crippen LogP contribution in [0.5, 0.6) is 0 Å².